The van der Waals surface area contributed by atoms with Crippen LogP contribution in [0.2, 0.25) is 0 Å². The van der Waals surface area contributed by atoms with Gasteiger partial charge in [-0.25, -0.2) is 4.98 Å². The number of aromatic nitrogens is 2. The molecule has 0 aliphatic carbocycles. The molecule has 0 saturated heterocycles. The molecule has 1 heterocycles. The molecule has 3 nitrogen and oxygen atoms in total. The zero-order valence-corrected chi connectivity index (χ0v) is 8.08. The van der Waals surface area contributed by atoms with Crippen molar-refractivity contribution in [2.24, 2.45) is 0 Å². The van der Waals surface area contributed by atoms with Crippen LogP contribution in [0.25, 0.3) is 12.2 Å². The minimum absolute atomic E-state index is 0.170. The van der Waals surface area contributed by atoms with Gasteiger partial charge in [-0.1, -0.05) is 24.8 Å². The summed E-state index contributed by atoms with van der Waals surface area (Å²) in [6.07, 6.45) is 6.33. The largest absolute Gasteiger partial charge is 0.313 e. The number of aromatic amines is 1. The highest BCUT2D eigenvalue weighted by atomic mass is 16.1. The molecule has 0 aliphatic rings. The molecule has 1 rings (SSSR count). The summed E-state index contributed by atoms with van der Waals surface area (Å²) in [5, 5.41) is 0. The Morgan fingerprint density at radius 3 is 2.86 bits per heavy atom. The van der Waals surface area contributed by atoms with Crippen molar-refractivity contribution in [2.75, 3.05) is 0 Å². The lowest BCUT2D eigenvalue weighted by Gasteiger charge is -1.98. The van der Waals surface area contributed by atoms with E-state index in [1.807, 2.05) is 6.92 Å². The summed E-state index contributed by atoms with van der Waals surface area (Å²) in [5.74, 6) is 0. The molecule has 0 fully saturated rings. The number of rotatable bonds is 3. The number of nitrogens with zero attached hydrogens (tertiary/aromatic N) is 1. The monoisotopic (exact) mass is 188 g/mol. The Morgan fingerprint density at radius 1 is 1.57 bits per heavy atom. The quantitative estimate of drug-likeness (QED) is 0.737. The highest BCUT2D eigenvalue weighted by Gasteiger charge is 2.01. The van der Waals surface area contributed by atoms with E-state index in [0.717, 1.165) is 5.57 Å². The maximum absolute atomic E-state index is 11.4. The lowest BCUT2D eigenvalue weighted by molar-refractivity contribution is 1.09. The first-order valence-electron chi connectivity index (χ1n) is 4.20. The SMILES string of the molecule is C=C/C(C)=C\c1c(C=C)nc[nH]c1=O. The molecule has 14 heavy (non-hydrogen) atoms. The number of nitrogens with one attached hydrogen (secondary N) is 1. The summed E-state index contributed by atoms with van der Waals surface area (Å²) in [7, 11) is 0. The van der Waals surface area contributed by atoms with Crippen molar-refractivity contribution in [1.82, 2.24) is 9.97 Å². The molecule has 0 aliphatic heterocycles. The Bertz CT molecular complexity index is 441. The van der Waals surface area contributed by atoms with Gasteiger partial charge in [0.05, 0.1) is 17.6 Å². The van der Waals surface area contributed by atoms with E-state index >= 15 is 0 Å². The molecular weight excluding hydrogens is 176 g/mol. The normalized spacial score (nSPS) is 11.1. The van der Waals surface area contributed by atoms with E-state index in [0.29, 0.717) is 11.3 Å². The Labute approximate surface area is 82.5 Å². The highest BCUT2D eigenvalue weighted by Crippen LogP contribution is 2.07. The van der Waals surface area contributed by atoms with Gasteiger partial charge in [-0.3, -0.25) is 4.79 Å². The lowest BCUT2D eigenvalue weighted by atomic mass is 10.1. The minimum atomic E-state index is -0.170. The molecule has 0 unspecified atom stereocenters. The van der Waals surface area contributed by atoms with Gasteiger partial charge in [0.1, 0.15) is 0 Å². The second-order valence-electron chi connectivity index (χ2n) is 2.83. The molecular formula is C11H12N2O. The van der Waals surface area contributed by atoms with Crippen LogP contribution >= 0.6 is 0 Å². The van der Waals surface area contributed by atoms with Gasteiger partial charge in [-0.15, -0.1) is 0 Å². The molecule has 0 aromatic carbocycles. The fourth-order valence-corrected chi connectivity index (χ4v) is 1.01. The number of H-pyrrole nitrogens is 1. The van der Waals surface area contributed by atoms with Crippen LogP contribution in [0.1, 0.15) is 18.2 Å². The third-order valence-corrected chi connectivity index (χ3v) is 1.81. The van der Waals surface area contributed by atoms with E-state index in [2.05, 4.69) is 23.1 Å². The van der Waals surface area contributed by atoms with Crippen molar-refractivity contribution in [3.05, 3.63) is 52.7 Å². The summed E-state index contributed by atoms with van der Waals surface area (Å²) in [4.78, 5) is 17.9. The summed E-state index contributed by atoms with van der Waals surface area (Å²) in [6, 6.07) is 0. The third kappa shape index (κ3) is 2.07. The van der Waals surface area contributed by atoms with E-state index in [4.69, 9.17) is 0 Å². The van der Waals surface area contributed by atoms with Gasteiger partial charge in [-0.2, -0.15) is 0 Å². The van der Waals surface area contributed by atoms with Crippen molar-refractivity contribution in [3.8, 4) is 0 Å². The number of hydrogen-bond donors (Lipinski definition) is 1. The smallest absolute Gasteiger partial charge is 0.258 e. The fourth-order valence-electron chi connectivity index (χ4n) is 1.01. The molecule has 0 saturated carbocycles. The van der Waals surface area contributed by atoms with Gasteiger partial charge >= 0.3 is 0 Å². The topological polar surface area (TPSA) is 45.8 Å². The molecule has 0 amide bonds. The Kier molecular flexibility index (Phi) is 3.18. The maximum atomic E-state index is 11.4. The second kappa shape index (κ2) is 4.37. The van der Waals surface area contributed by atoms with E-state index < -0.39 is 0 Å². The minimum Gasteiger partial charge on any atom is -0.313 e. The van der Waals surface area contributed by atoms with Crippen LogP contribution in [-0.2, 0) is 0 Å². The average Bonchev–Trinajstić information content (AvgIpc) is 2.20. The molecule has 3 heteroatoms. The van der Waals surface area contributed by atoms with Crippen molar-refractivity contribution < 1.29 is 0 Å². The standard InChI is InChI=1S/C11H12N2O/c1-4-8(3)6-9-10(5-2)12-7-13-11(9)14/h4-7H,1-2H2,3H3,(H,12,13,14)/b8-6-. The highest BCUT2D eigenvalue weighted by molar-refractivity contribution is 5.63. The number of allylic oxidation sites excluding steroid dienone is 2. The molecule has 1 aromatic heterocycles. The van der Waals surface area contributed by atoms with E-state index in [1.165, 1.54) is 6.33 Å². The Hall–Kier alpha value is -1.90. The zero-order chi connectivity index (χ0) is 10.6. The summed E-state index contributed by atoms with van der Waals surface area (Å²) in [6.45, 7) is 9.08. The van der Waals surface area contributed by atoms with Crippen LogP contribution in [0.15, 0.2) is 35.9 Å². The van der Waals surface area contributed by atoms with Gasteiger partial charge in [0.25, 0.3) is 5.56 Å². The van der Waals surface area contributed by atoms with Crippen LogP contribution in [0.5, 0.6) is 0 Å². The van der Waals surface area contributed by atoms with Crippen molar-refractivity contribution in [1.29, 1.82) is 0 Å². The molecule has 1 aromatic rings. The van der Waals surface area contributed by atoms with Crippen LogP contribution in [0, 0.1) is 0 Å². The summed E-state index contributed by atoms with van der Waals surface area (Å²) in [5.41, 5.74) is 1.83. The molecule has 1 N–H and O–H groups in total. The van der Waals surface area contributed by atoms with Gasteiger partial charge < -0.3 is 4.98 Å². The molecule has 72 valence electrons. The Morgan fingerprint density at radius 2 is 2.29 bits per heavy atom. The van der Waals surface area contributed by atoms with Gasteiger partial charge in [0, 0.05) is 0 Å². The van der Waals surface area contributed by atoms with E-state index in [-0.39, 0.29) is 5.56 Å². The van der Waals surface area contributed by atoms with Crippen molar-refractivity contribution in [3.63, 3.8) is 0 Å². The third-order valence-electron chi connectivity index (χ3n) is 1.81. The van der Waals surface area contributed by atoms with Gasteiger partial charge in [-0.05, 0) is 19.1 Å². The maximum Gasteiger partial charge on any atom is 0.258 e. The second-order valence-corrected chi connectivity index (χ2v) is 2.83. The predicted octanol–water partition coefficient (Wildman–Crippen LogP) is 2.00. The van der Waals surface area contributed by atoms with Crippen LogP contribution < -0.4 is 5.56 Å². The van der Waals surface area contributed by atoms with Crippen LogP contribution in [-0.4, -0.2) is 9.97 Å². The predicted molar refractivity (Wildman–Crippen MR) is 58.8 cm³/mol. The molecule has 0 spiro atoms. The van der Waals surface area contributed by atoms with E-state index in [1.54, 1.807) is 18.2 Å². The van der Waals surface area contributed by atoms with Crippen molar-refractivity contribution >= 4 is 12.2 Å². The van der Waals surface area contributed by atoms with Gasteiger partial charge in [0.2, 0.25) is 0 Å². The first kappa shape index (κ1) is 10.2. The molecule has 0 radical (unpaired) electrons. The fraction of sp³-hybridized carbons (Fsp3) is 0.0909. The lowest BCUT2D eigenvalue weighted by Crippen LogP contribution is -2.11. The summed E-state index contributed by atoms with van der Waals surface area (Å²) >= 11 is 0. The average molecular weight is 188 g/mol. The first-order valence-corrected chi connectivity index (χ1v) is 4.20. The first-order chi connectivity index (χ1) is 6.69. The van der Waals surface area contributed by atoms with E-state index in [9.17, 15) is 4.79 Å². The van der Waals surface area contributed by atoms with Gasteiger partial charge in [0.15, 0.2) is 0 Å². The van der Waals surface area contributed by atoms with Crippen LogP contribution in [0.4, 0.5) is 0 Å². The summed E-state index contributed by atoms with van der Waals surface area (Å²) < 4.78 is 0. The zero-order valence-electron chi connectivity index (χ0n) is 8.08. The van der Waals surface area contributed by atoms with Crippen molar-refractivity contribution in [2.45, 2.75) is 6.92 Å². The number of hydrogen-bond acceptors (Lipinski definition) is 2. The molecule has 0 atom stereocenters. The Balaban J connectivity index is 3.38. The molecule has 0 bridgehead atoms. The van der Waals surface area contributed by atoms with Crippen LogP contribution in [0.3, 0.4) is 0 Å².